The number of likely N-dealkylation sites (N-methyl/N-ethyl adjacent to an activating group) is 1. The Morgan fingerprint density at radius 3 is 2.69 bits per heavy atom. The van der Waals surface area contributed by atoms with Crippen molar-refractivity contribution in [1.82, 2.24) is 4.90 Å². The fraction of sp³-hybridized carbons (Fsp3) is 0.619. The summed E-state index contributed by atoms with van der Waals surface area (Å²) in [6.07, 6.45) is 7.97. The van der Waals surface area contributed by atoms with Gasteiger partial charge in [-0.15, -0.1) is 11.3 Å². The number of fused-ring (bicyclic) bond motifs is 1. The molecule has 29 heavy (non-hydrogen) atoms. The first kappa shape index (κ1) is 21.3. The molecule has 0 atom stereocenters. The first-order valence-electron chi connectivity index (χ1n) is 10.2. The standard InChI is InChI=1S/C21H27N3O4S/c1-24(12-6-11-22)17(25)13-28-21(27)18-15-9-5-10-16(15)29-20(18)23-19(26)14-7-3-2-4-8-14/h14H,2-10,12-13H2,1H3,(H,23,26). The molecule has 1 heterocycles. The number of ether oxygens (including phenoxy) is 1. The molecular weight excluding hydrogens is 390 g/mol. The molecule has 7 nitrogen and oxygen atoms in total. The summed E-state index contributed by atoms with van der Waals surface area (Å²) in [5, 5.41) is 12.2. The minimum atomic E-state index is -0.564. The number of hydrogen-bond acceptors (Lipinski definition) is 6. The van der Waals surface area contributed by atoms with Crippen LogP contribution in [-0.2, 0) is 27.2 Å². The molecule has 1 aromatic heterocycles. The van der Waals surface area contributed by atoms with Crippen LogP contribution in [0.3, 0.4) is 0 Å². The third-order valence-electron chi connectivity index (χ3n) is 5.65. The Bertz CT molecular complexity index is 821. The Morgan fingerprint density at radius 2 is 1.97 bits per heavy atom. The smallest absolute Gasteiger partial charge is 0.341 e. The van der Waals surface area contributed by atoms with E-state index in [1.807, 2.05) is 6.07 Å². The number of nitrogens with zero attached hydrogens (tertiary/aromatic N) is 2. The number of esters is 1. The van der Waals surface area contributed by atoms with Crippen molar-refractivity contribution in [2.24, 2.45) is 5.92 Å². The van der Waals surface area contributed by atoms with Gasteiger partial charge in [0.05, 0.1) is 18.1 Å². The molecule has 3 rings (SSSR count). The highest BCUT2D eigenvalue weighted by Gasteiger charge is 2.30. The van der Waals surface area contributed by atoms with Gasteiger partial charge >= 0.3 is 5.97 Å². The lowest BCUT2D eigenvalue weighted by Gasteiger charge is -2.20. The van der Waals surface area contributed by atoms with Crippen molar-refractivity contribution >= 4 is 34.1 Å². The second-order valence-electron chi connectivity index (χ2n) is 7.69. The van der Waals surface area contributed by atoms with Crippen LogP contribution >= 0.6 is 11.3 Å². The summed E-state index contributed by atoms with van der Waals surface area (Å²) in [5.74, 6) is -0.940. The van der Waals surface area contributed by atoms with Crippen molar-refractivity contribution in [2.75, 3.05) is 25.5 Å². The summed E-state index contributed by atoms with van der Waals surface area (Å²) in [5.41, 5.74) is 1.36. The van der Waals surface area contributed by atoms with Gasteiger partial charge in [-0.2, -0.15) is 5.26 Å². The van der Waals surface area contributed by atoms with Crippen molar-refractivity contribution in [3.8, 4) is 6.07 Å². The number of amides is 2. The average Bonchev–Trinajstić information content (AvgIpc) is 3.31. The fourth-order valence-electron chi connectivity index (χ4n) is 3.94. The van der Waals surface area contributed by atoms with Crippen LogP contribution < -0.4 is 5.32 Å². The zero-order chi connectivity index (χ0) is 20.8. The minimum Gasteiger partial charge on any atom is -0.452 e. The highest BCUT2D eigenvalue weighted by molar-refractivity contribution is 7.17. The second kappa shape index (κ2) is 9.88. The monoisotopic (exact) mass is 417 g/mol. The topological polar surface area (TPSA) is 99.5 Å². The van der Waals surface area contributed by atoms with Crippen molar-refractivity contribution in [1.29, 1.82) is 5.26 Å². The second-order valence-corrected chi connectivity index (χ2v) is 8.79. The molecular formula is C21H27N3O4S. The molecule has 1 fully saturated rings. The van der Waals surface area contributed by atoms with Crippen LogP contribution in [0.5, 0.6) is 0 Å². The van der Waals surface area contributed by atoms with Gasteiger partial charge in [0.2, 0.25) is 5.91 Å². The van der Waals surface area contributed by atoms with Crippen molar-refractivity contribution < 1.29 is 19.1 Å². The van der Waals surface area contributed by atoms with Crippen molar-refractivity contribution in [3.05, 3.63) is 16.0 Å². The van der Waals surface area contributed by atoms with Crippen molar-refractivity contribution in [3.63, 3.8) is 0 Å². The Kier molecular flexibility index (Phi) is 7.26. The number of nitriles is 1. The first-order valence-corrected chi connectivity index (χ1v) is 11.1. The molecule has 156 valence electrons. The predicted octanol–water partition coefficient (Wildman–Crippen LogP) is 3.28. The van der Waals surface area contributed by atoms with Gasteiger partial charge in [-0.05, 0) is 37.7 Å². The molecule has 0 aromatic carbocycles. The maximum absolute atomic E-state index is 12.8. The van der Waals surface area contributed by atoms with Crippen LogP contribution in [0.2, 0.25) is 0 Å². The number of thiophene rings is 1. The minimum absolute atomic E-state index is 0.0000716. The molecule has 8 heteroatoms. The van der Waals surface area contributed by atoms with Gasteiger partial charge in [-0.25, -0.2) is 4.79 Å². The Balaban J connectivity index is 1.67. The number of hydrogen-bond donors (Lipinski definition) is 1. The SMILES string of the molecule is CN(CCC#N)C(=O)COC(=O)c1c(NC(=O)C2CCCCC2)sc2c1CCC2. The lowest BCUT2D eigenvalue weighted by Crippen LogP contribution is -2.32. The van der Waals surface area contributed by atoms with E-state index in [-0.39, 0.29) is 30.8 Å². The van der Waals surface area contributed by atoms with E-state index >= 15 is 0 Å². The Hall–Kier alpha value is -2.40. The van der Waals surface area contributed by atoms with E-state index in [1.165, 1.54) is 22.7 Å². The van der Waals surface area contributed by atoms with Crippen molar-refractivity contribution in [2.45, 2.75) is 57.8 Å². The summed E-state index contributed by atoms with van der Waals surface area (Å²) in [4.78, 5) is 40.1. The van der Waals surface area contributed by atoms with Gasteiger partial charge in [0.25, 0.3) is 5.91 Å². The summed E-state index contributed by atoms with van der Waals surface area (Å²) in [6, 6.07) is 1.98. The van der Waals surface area contributed by atoms with E-state index in [0.717, 1.165) is 55.4 Å². The number of rotatable bonds is 7. The van der Waals surface area contributed by atoms with Gasteiger partial charge in [-0.1, -0.05) is 19.3 Å². The van der Waals surface area contributed by atoms with Crippen LogP contribution in [0.25, 0.3) is 0 Å². The molecule has 2 aliphatic rings. The Labute approximate surface area is 175 Å². The fourth-order valence-corrected chi connectivity index (χ4v) is 5.22. The molecule has 0 radical (unpaired) electrons. The number of carbonyl (C=O) groups is 3. The van der Waals surface area contributed by atoms with Crippen LogP contribution in [0.15, 0.2) is 0 Å². The van der Waals surface area contributed by atoms with Gasteiger partial charge in [0.15, 0.2) is 6.61 Å². The van der Waals surface area contributed by atoms with Gasteiger partial charge < -0.3 is 15.0 Å². The third kappa shape index (κ3) is 5.15. The first-order chi connectivity index (χ1) is 14.0. The highest BCUT2D eigenvalue weighted by atomic mass is 32.1. The summed E-state index contributed by atoms with van der Waals surface area (Å²) < 4.78 is 5.28. The van der Waals surface area contributed by atoms with E-state index in [2.05, 4.69) is 5.32 Å². The molecule has 0 spiro atoms. The van der Waals surface area contributed by atoms with Gasteiger partial charge in [0.1, 0.15) is 5.00 Å². The van der Waals surface area contributed by atoms with Crippen LogP contribution in [-0.4, -0.2) is 42.9 Å². The zero-order valence-corrected chi connectivity index (χ0v) is 17.6. The quantitative estimate of drug-likeness (QED) is 0.686. The zero-order valence-electron chi connectivity index (χ0n) is 16.8. The number of nitrogens with one attached hydrogen (secondary N) is 1. The number of anilines is 1. The molecule has 2 amide bonds. The average molecular weight is 418 g/mol. The molecule has 0 unspecified atom stereocenters. The molecule has 2 aliphatic carbocycles. The molecule has 0 saturated heterocycles. The maximum atomic E-state index is 12.8. The predicted molar refractivity (Wildman–Crippen MR) is 110 cm³/mol. The van der Waals surface area contributed by atoms with Crippen LogP contribution in [0.4, 0.5) is 5.00 Å². The van der Waals surface area contributed by atoms with E-state index < -0.39 is 5.97 Å². The molecule has 0 bridgehead atoms. The van der Waals surface area contributed by atoms with E-state index in [1.54, 1.807) is 7.05 Å². The summed E-state index contributed by atoms with van der Waals surface area (Å²) in [7, 11) is 1.58. The van der Waals surface area contributed by atoms with E-state index in [4.69, 9.17) is 10.00 Å². The van der Waals surface area contributed by atoms with E-state index in [0.29, 0.717) is 17.1 Å². The lowest BCUT2D eigenvalue weighted by molar-refractivity contribution is -0.133. The molecule has 1 saturated carbocycles. The van der Waals surface area contributed by atoms with Crippen LogP contribution in [0.1, 0.15) is 65.7 Å². The van der Waals surface area contributed by atoms with Gasteiger partial charge in [0, 0.05) is 24.4 Å². The Morgan fingerprint density at radius 1 is 1.21 bits per heavy atom. The summed E-state index contributed by atoms with van der Waals surface area (Å²) >= 11 is 1.46. The number of carbonyl (C=O) groups excluding carboxylic acids is 3. The highest BCUT2D eigenvalue weighted by Crippen LogP contribution is 2.40. The summed E-state index contributed by atoms with van der Waals surface area (Å²) in [6.45, 7) is -0.0785. The lowest BCUT2D eigenvalue weighted by atomic mass is 9.89. The molecule has 1 N–H and O–H groups in total. The largest absolute Gasteiger partial charge is 0.452 e. The van der Waals surface area contributed by atoms with Gasteiger partial charge in [-0.3, -0.25) is 9.59 Å². The maximum Gasteiger partial charge on any atom is 0.341 e. The molecule has 1 aromatic rings. The molecule has 0 aliphatic heterocycles. The normalized spacial score (nSPS) is 16.0. The van der Waals surface area contributed by atoms with E-state index in [9.17, 15) is 14.4 Å². The van der Waals surface area contributed by atoms with Crippen LogP contribution in [0, 0.1) is 17.2 Å². The third-order valence-corrected chi connectivity index (χ3v) is 6.86. The number of aryl methyl sites for hydroxylation is 1.